The van der Waals surface area contributed by atoms with Crippen LogP contribution in [0.15, 0.2) is 67.0 Å². The van der Waals surface area contributed by atoms with Gasteiger partial charge in [0.25, 0.3) is 5.91 Å². The summed E-state index contributed by atoms with van der Waals surface area (Å²) in [6.07, 6.45) is 9.34. The van der Waals surface area contributed by atoms with Crippen LogP contribution in [0.25, 0.3) is 5.69 Å². The van der Waals surface area contributed by atoms with Crippen LogP contribution in [0.3, 0.4) is 0 Å². The van der Waals surface area contributed by atoms with Crippen LogP contribution in [0.5, 0.6) is 0 Å². The van der Waals surface area contributed by atoms with Crippen molar-refractivity contribution in [3.05, 3.63) is 83.7 Å². The average molecular weight is 485 g/mol. The minimum atomic E-state index is 0.0324. The van der Waals surface area contributed by atoms with E-state index in [0.717, 1.165) is 44.2 Å². The number of carbonyl (C=O) groups is 2. The van der Waals surface area contributed by atoms with Gasteiger partial charge in [-0.3, -0.25) is 9.59 Å². The minimum absolute atomic E-state index is 0.0324. The lowest BCUT2D eigenvalue weighted by Gasteiger charge is -2.42. The maximum Gasteiger partial charge on any atom is 0.257 e. The molecule has 1 aromatic heterocycles. The summed E-state index contributed by atoms with van der Waals surface area (Å²) in [5, 5.41) is 4.40. The van der Waals surface area contributed by atoms with Crippen molar-refractivity contribution in [1.29, 1.82) is 0 Å². The summed E-state index contributed by atoms with van der Waals surface area (Å²) in [6, 6.07) is 18.5. The fraction of sp³-hybridized carbons (Fsp3) is 0.433. The molecule has 1 aliphatic heterocycles. The Labute approximate surface area is 213 Å². The Hall–Kier alpha value is -3.41. The smallest absolute Gasteiger partial charge is 0.257 e. The van der Waals surface area contributed by atoms with Gasteiger partial charge in [0.2, 0.25) is 5.91 Å². The number of amides is 2. The monoisotopic (exact) mass is 484 g/mol. The Bertz CT molecular complexity index is 1190. The molecule has 2 aromatic carbocycles. The highest BCUT2D eigenvalue weighted by molar-refractivity contribution is 5.93. The van der Waals surface area contributed by atoms with Gasteiger partial charge in [0, 0.05) is 38.3 Å². The summed E-state index contributed by atoms with van der Waals surface area (Å²) in [5.74, 6) is 0.892. The number of carbonyl (C=O) groups excluding carboxylic acids is 2. The van der Waals surface area contributed by atoms with E-state index in [4.69, 9.17) is 0 Å². The Morgan fingerprint density at radius 2 is 1.69 bits per heavy atom. The van der Waals surface area contributed by atoms with Crippen molar-refractivity contribution in [2.24, 2.45) is 11.8 Å². The number of aromatic nitrogens is 2. The molecule has 36 heavy (non-hydrogen) atoms. The van der Waals surface area contributed by atoms with Crippen LogP contribution in [0, 0.1) is 18.8 Å². The molecule has 1 aliphatic carbocycles. The number of hydrogen-bond donors (Lipinski definition) is 0. The van der Waals surface area contributed by atoms with Gasteiger partial charge in [-0.15, -0.1) is 0 Å². The standard InChI is InChI=1S/C30H36N4O2/c1-22-9-6-7-10-25(22)19-28(32(2)29(35)24-11-8-12-24)23-15-17-33(18-16-23)30(36)26-20-31-34(21-26)27-13-4-3-5-14-27/h3-7,9-10,13-14,20-21,23-24,28H,8,11-12,15-19H2,1-2H3. The van der Waals surface area contributed by atoms with Crippen LogP contribution in [0.2, 0.25) is 0 Å². The predicted molar refractivity (Wildman–Crippen MR) is 141 cm³/mol. The number of benzene rings is 2. The fourth-order valence-corrected chi connectivity index (χ4v) is 5.62. The van der Waals surface area contributed by atoms with Gasteiger partial charge in [-0.1, -0.05) is 48.9 Å². The molecule has 0 radical (unpaired) electrons. The van der Waals surface area contributed by atoms with E-state index in [9.17, 15) is 9.59 Å². The third-order valence-electron chi connectivity index (χ3n) is 8.21. The lowest BCUT2D eigenvalue weighted by Crippen LogP contribution is -2.50. The van der Waals surface area contributed by atoms with Gasteiger partial charge in [-0.2, -0.15) is 5.10 Å². The van der Waals surface area contributed by atoms with Crippen LogP contribution in [-0.2, 0) is 11.2 Å². The van der Waals surface area contributed by atoms with Crippen LogP contribution in [-0.4, -0.2) is 57.6 Å². The molecule has 0 N–H and O–H groups in total. The second kappa shape index (κ2) is 10.7. The van der Waals surface area contributed by atoms with E-state index in [1.807, 2.05) is 53.4 Å². The van der Waals surface area contributed by atoms with Crippen LogP contribution in [0.4, 0.5) is 0 Å². The summed E-state index contributed by atoms with van der Waals surface area (Å²) in [5.41, 5.74) is 4.14. The van der Waals surface area contributed by atoms with E-state index in [1.165, 1.54) is 11.1 Å². The summed E-state index contributed by atoms with van der Waals surface area (Å²) in [6.45, 7) is 3.56. The highest BCUT2D eigenvalue weighted by atomic mass is 16.2. The van der Waals surface area contributed by atoms with Gasteiger partial charge >= 0.3 is 0 Å². The molecule has 188 valence electrons. The number of likely N-dealkylation sites (tertiary alicyclic amines) is 1. The van der Waals surface area contributed by atoms with Gasteiger partial charge < -0.3 is 9.80 Å². The van der Waals surface area contributed by atoms with Gasteiger partial charge in [-0.05, 0) is 68.2 Å². The summed E-state index contributed by atoms with van der Waals surface area (Å²) < 4.78 is 1.75. The highest BCUT2D eigenvalue weighted by Crippen LogP contribution is 2.33. The van der Waals surface area contributed by atoms with Crippen LogP contribution in [0.1, 0.15) is 53.6 Å². The third-order valence-corrected chi connectivity index (χ3v) is 8.21. The van der Waals surface area contributed by atoms with Crippen molar-refractivity contribution in [3.63, 3.8) is 0 Å². The predicted octanol–water partition coefficient (Wildman–Crippen LogP) is 4.90. The summed E-state index contributed by atoms with van der Waals surface area (Å²) in [7, 11) is 2.00. The number of hydrogen-bond acceptors (Lipinski definition) is 3. The molecule has 6 nitrogen and oxygen atoms in total. The van der Waals surface area contributed by atoms with E-state index >= 15 is 0 Å². The molecule has 2 aliphatic rings. The van der Waals surface area contributed by atoms with E-state index in [2.05, 4.69) is 36.3 Å². The number of likely N-dealkylation sites (N-methyl/N-ethyl adjacent to an activating group) is 1. The number of rotatable bonds is 7. The molecular weight excluding hydrogens is 448 g/mol. The van der Waals surface area contributed by atoms with Gasteiger partial charge in [-0.25, -0.2) is 4.68 Å². The number of para-hydroxylation sites is 1. The lowest BCUT2D eigenvalue weighted by atomic mass is 9.81. The lowest BCUT2D eigenvalue weighted by molar-refractivity contribution is -0.140. The second-order valence-corrected chi connectivity index (χ2v) is 10.4. The molecule has 0 bridgehead atoms. The molecule has 2 fully saturated rings. The molecule has 1 atom stereocenters. The van der Waals surface area contributed by atoms with Crippen molar-refractivity contribution < 1.29 is 9.59 Å². The van der Waals surface area contributed by atoms with Crippen molar-refractivity contribution in [2.75, 3.05) is 20.1 Å². The Kier molecular flexibility index (Phi) is 7.21. The van der Waals surface area contributed by atoms with Crippen LogP contribution >= 0.6 is 0 Å². The summed E-state index contributed by atoms with van der Waals surface area (Å²) >= 11 is 0. The normalized spacial score (nSPS) is 17.4. The molecule has 0 spiro atoms. The number of piperidine rings is 1. The first-order valence-electron chi connectivity index (χ1n) is 13.2. The van der Waals surface area contributed by atoms with E-state index in [1.54, 1.807) is 10.9 Å². The van der Waals surface area contributed by atoms with E-state index < -0.39 is 0 Å². The maximum atomic E-state index is 13.2. The fourth-order valence-electron chi connectivity index (χ4n) is 5.62. The Morgan fingerprint density at radius 3 is 2.36 bits per heavy atom. The van der Waals surface area contributed by atoms with Crippen molar-refractivity contribution in [2.45, 2.75) is 51.5 Å². The van der Waals surface area contributed by atoms with Gasteiger partial charge in [0.15, 0.2) is 0 Å². The first-order valence-corrected chi connectivity index (χ1v) is 13.2. The number of nitrogens with zero attached hydrogens (tertiary/aromatic N) is 4. The maximum absolute atomic E-state index is 13.2. The second-order valence-electron chi connectivity index (χ2n) is 10.4. The first kappa shape index (κ1) is 24.3. The quantitative estimate of drug-likeness (QED) is 0.479. The summed E-state index contributed by atoms with van der Waals surface area (Å²) in [4.78, 5) is 30.4. The molecule has 1 unspecified atom stereocenters. The van der Waals surface area contributed by atoms with Gasteiger partial charge in [0.1, 0.15) is 0 Å². The molecule has 1 saturated carbocycles. The molecule has 3 aromatic rings. The number of aryl methyl sites for hydroxylation is 1. The van der Waals surface area contributed by atoms with Crippen molar-refractivity contribution in [1.82, 2.24) is 19.6 Å². The van der Waals surface area contributed by atoms with Crippen LogP contribution < -0.4 is 0 Å². The molecule has 2 heterocycles. The zero-order valence-corrected chi connectivity index (χ0v) is 21.3. The van der Waals surface area contributed by atoms with Crippen molar-refractivity contribution in [3.8, 4) is 5.69 Å². The van der Waals surface area contributed by atoms with Gasteiger partial charge in [0.05, 0.1) is 17.4 Å². The van der Waals surface area contributed by atoms with E-state index in [0.29, 0.717) is 30.5 Å². The zero-order chi connectivity index (χ0) is 25.1. The molecule has 1 saturated heterocycles. The highest BCUT2D eigenvalue weighted by Gasteiger charge is 2.36. The van der Waals surface area contributed by atoms with Crippen molar-refractivity contribution >= 4 is 11.8 Å². The first-order chi connectivity index (χ1) is 17.5. The Morgan fingerprint density at radius 1 is 1.00 bits per heavy atom. The molecule has 5 rings (SSSR count). The minimum Gasteiger partial charge on any atom is -0.342 e. The molecular formula is C30H36N4O2. The average Bonchev–Trinajstić information content (AvgIpc) is 3.37. The SMILES string of the molecule is Cc1ccccc1CC(C1CCN(C(=O)c2cnn(-c3ccccc3)c2)CC1)N(C)C(=O)C1CCC1. The zero-order valence-electron chi connectivity index (χ0n) is 21.3. The molecule has 2 amide bonds. The molecule has 6 heteroatoms. The topological polar surface area (TPSA) is 58.4 Å². The van der Waals surface area contributed by atoms with E-state index in [-0.39, 0.29) is 17.9 Å². The third kappa shape index (κ3) is 5.08. The Balaban J connectivity index is 1.27. The largest absolute Gasteiger partial charge is 0.342 e.